The Morgan fingerprint density at radius 3 is 2.18 bits per heavy atom. The zero-order valence-electron chi connectivity index (χ0n) is 16.8. The SMILES string of the molecule is O=C1[C@@H]2[C@@H](ON(c3ccccc3)[C@H]2c2ccc([N+](=O)[O-])cc2)C(=O)N1c1ccc(Cl)c(Cl)c1. The van der Waals surface area contributed by atoms with Crippen molar-refractivity contribution in [1.82, 2.24) is 0 Å². The second-order valence-electron chi connectivity index (χ2n) is 7.62. The molecule has 10 heteroatoms. The summed E-state index contributed by atoms with van der Waals surface area (Å²) in [7, 11) is 0. The van der Waals surface area contributed by atoms with E-state index in [1.807, 2.05) is 18.2 Å². The largest absolute Gasteiger partial charge is 0.273 e. The number of nitro groups is 1. The molecule has 0 unspecified atom stereocenters. The average Bonchev–Trinajstić information content (AvgIpc) is 3.32. The number of benzene rings is 3. The van der Waals surface area contributed by atoms with E-state index in [9.17, 15) is 19.7 Å². The van der Waals surface area contributed by atoms with Crippen LogP contribution in [0.3, 0.4) is 0 Å². The maximum atomic E-state index is 13.5. The number of imide groups is 1. The second kappa shape index (κ2) is 8.15. The highest BCUT2D eigenvalue weighted by Crippen LogP contribution is 2.48. The summed E-state index contributed by atoms with van der Waals surface area (Å²) < 4.78 is 0. The number of nitro benzene ring substituents is 1. The third-order valence-electron chi connectivity index (χ3n) is 5.73. The number of rotatable bonds is 4. The predicted molar refractivity (Wildman–Crippen MR) is 122 cm³/mol. The molecule has 0 radical (unpaired) electrons. The lowest BCUT2D eigenvalue weighted by Gasteiger charge is -2.28. The van der Waals surface area contributed by atoms with Gasteiger partial charge in [0, 0.05) is 12.1 Å². The molecule has 0 aromatic heterocycles. The van der Waals surface area contributed by atoms with Crippen molar-refractivity contribution in [2.75, 3.05) is 9.96 Å². The number of hydrogen-bond donors (Lipinski definition) is 0. The van der Waals surface area contributed by atoms with E-state index in [2.05, 4.69) is 0 Å². The van der Waals surface area contributed by atoms with Crippen molar-refractivity contribution in [1.29, 1.82) is 0 Å². The summed E-state index contributed by atoms with van der Waals surface area (Å²) in [5, 5.41) is 13.1. The lowest BCUT2D eigenvalue weighted by molar-refractivity contribution is -0.384. The maximum Gasteiger partial charge on any atom is 0.269 e. The summed E-state index contributed by atoms with van der Waals surface area (Å²) in [6.45, 7) is 0. The minimum absolute atomic E-state index is 0.0771. The van der Waals surface area contributed by atoms with Crippen LogP contribution in [0.5, 0.6) is 0 Å². The van der Waals surface area contributed by atoms with Gasteiger partial charge in [-0.25, -0.2) is 9.96 Å². The molecule has 0 saturated carbocycles. The fraction of sp³-hybridized carbons (Fsp3) is 0.130. The molecular weight excluding hydrogens is 469 g/mol. The molecule has 3 aromatic carbocycles. The highest BCUT2D eigenvalue weighted by Gasteiger charge is 2.60. The number of hydrogen-bond acceptors (Lipinski definition) is 6. The minimum Gasteiger partial charge on any atom is -0.273 e. The standard InChI is InChI=1S/C23H15Cl2N3O5/c24-17-11-10-16(12-18(17)25)26-22(29)19-20(13-6-8-15(9-7-13)28(31)32)27(33-21(19)23(26)30)14-4-2-1-3-5-14/h1-12,19-21H/t19-,20-,21+/m0/s1. The predicted octanol–water partition coefficient (Wildman–Crippen LogP) is 4.95. The van der Waals surface area contributed by atoms with E-state index in [4.69, 9.17) is 28.0 Å². The molecule has 2 amide bonds. The van der Waals surface area contributed by atoms with Gasteiger partial charge in [-0.3, -0.25) is 24.5 Å². The number of para-hydroxylation sites is 1. The molecule has 2 heterocycles. The highest BCUT2D eigenvalue weighted by atomic mass is 35.5. The Hall–Kier alpha value is -3.46. The summed E-state index contributed by atoms with van der Waals surface area (Å²) >= 11 is 12.1. The molecule has 8 nitrogen and oxygen atoms in total. The van der Waals surface area contributed by atoms with Crippen LogP contribution in [0.25, 0.3) is 0 Å². The van der Waals surface area contributed by atoms with E-state index in [0.29, 0.717) is 22.0 Å². The van der Waals surface area contributed by atoms with Gasteiger partial charge in [0.2, 0.25) is 5.91 Å². The molecule has 0 aliphatic carbocycles. The number of carbonyl (C=O) groups is 2. The minimum atomic E-state index is -1.06. The van der Waals surface area contributed by atoms with Gasteiger partial charge in [-0.2, -0.15) is 0 Å². The van der Waals surface area contributed by atoms with Gasteiger partial charge < -0.3 is 0 Å². The Morgan fingerprint density at radius 2 is 1.55 bits per heavy atom. The van der Waals surface area contributed by atoms with Crippen LogP contribution in [-0.2, 0) is 14.4 Å². The summed E-state index contributed by atoms with van der Waals surface area (Å²) in [5.41, 5.74) is 1.48. The van der Waals surface area contributed by atoms with Crippen LogP contribution in [0.1, 0.15) is 11.6 Å². The summed E-state index contributed by atoms with van der Waals surface area (Å²) in [4.78, 5) is 44.5. The number of halogens is 2. The maximum absolute atomic E-state index is 13.5. The van der Waals surface area contributed by atoms with E-state index in [-0.39, 0.29) is 10.7 Å². The van der Waals surface area contributed by atoms with E-state index >= 15 is 0 Å². The molecule has 3 aromatic rings. The zero-order chi connectivity index (χ0) is 23.3. The fourth-order valence-corrected chi connectivity index (χ4v) is 4.52. The first-order valence-electron chi connectivity index (χ1n) is 9.95. The van der Waals surface area contributed by atoms with Gasteiger partial charge in [-0.05, 0) is 35.9 Å². The lowest BCUT2D eigenvalue weighted by Crippen LogP contribution is -2.37. The van der Waals surface area contributed by atoms with E-state index in [1.54, 1.807) is 30.3 Å². The Morgan fingerprint density at radius 1 is 0.848 bits per heavy atom. The first-order chi connectivity index (χ1) is 15.9. The number of hydroxylamine groups is 1. The van der Waals surface area contributed by atoms with Crippen LogP contribution >= 0.6 is 23.2 Å². The monoisotopic (exact) mass is 483 g/mol. The van der Waals surface area contributed by atoms with E-state index in [1.165, 1.54) is 29.3 Å². The number of nitrogens with zero attached hydrogens (tertiary/aromatic N) is 3. The van der Waals surface area contributed by atoms with Crippen LogP contribution in [0.15, 0.2) is 72.8 Å². The van der Waals surface area contributed by atoms with Crippen molar-refractivity contribution in [3.8, 4) is 0 Å². The van der Waals surface area contributed by atoms with Gasteiger partial charge in [0.25, 0.3) is 11.6 Å². The van der Waals surface area contributed by atoms with Crippen LogP contribution in [0, 0.1) is 16.0 Å². The van der Waals surface area contributed by atoms with Crippen LogP contribution in [0.4, 0.5) is 17.1 Å². The molecule has 5 rings (SSSR count). The quantitative estimate of drug-likeness (QED) is 0.296. The number of non-ortho nitro benzene ring substituents is 1. The van der Waals surface area contributed by atoms with E-state index < -0.39 is 34.8 Å². The Bertz CT molecular complexity index is 1270. The van der Waals surface area contributed by atoms with Crippen molar-refractivity contribution in [3.63, 3.8) is 0 Å². The summed E-state index contributed by atoms with van der Waals surface area (Å²) in [5.74, 6) is -1.84. The Balaban J connectivity index is 1.58. The summed E-state index contributed by atoms with van der Waals surface area (Å²) in [6.07, 6.45) is -1.06. The Labute approximate surface area is 198 Å². The molecule has 0 N–H and O–H groups in total. The Kier molecular flexibility index (Phi) is 5.28. The number of fused-ring (bicyclic) bond motifs is 1. The fourth-order valence-electron chi connectivity index (χ4n) is 4.22. The van der Waals surface area contributed by atoms with E-state index in [0.717, 1.165) is 4.90 Å². The van der Waals surface area contributed by atoms with Crippen molar-refractivity contribution >= 4 is 52.1 Å². The lowest BCUT2D eigenvalue weighted by atomic mass is 9.90. The highest BCUT2D eigenvalue weighted by molar-refractivity contribution is 6.42. The van der Waals surface area contributed by atoms with Gasteiger partial charge in [0.05, 0.1) is 32.4 Å². The third kappa shape index (κ3) is 3.52. The second-order valence-corrected chi connectivity index (χ2v) is 8.43. The van der Waals surface area contributed by atoms with Crippen molar-refractivity contribution < 1.29 is 19.3 Å². The molecule has 33 heavy (non-hydrogen) atoms. The molecule has 2 fully saturated rings. The molecule has 2 aliphatic heterocycles. The van der Waals surface area contributed by atoms with Gasteiger partial charge in [0.15, 0.2) is 6.10 Å². The number of carbonyl (C=O) groups excluding carboxylic acids is 2. The van der Waals surface area contributed by atoms with Gasteiger partial charge in [-0.15, -0.1) is 0 Å². The molecule has 3 atom stereocenters. The first-order valence-corrected chi connectivity index (χ1v) is 10.7. The molecule has 2 aliphatic rings. The van der Waals surface area contributed by atoms with Crippen LogP contribution in [-0.4, -0.2) is 22.8 Å². The van der Waals surface area contributed by atoms with Crippen LogP contribution < -0.4 is 9.96 Å². The molecule has 0 spiro atoms. The molecule has 166 valence electrons. The zero-order valence-corrected chi connectivity index (χ0v) is 18.3. The molecule has 0 bridgehead atoms. The van der Waals surface area contributed by atoms with Gasteiger partial charge in [-0.1, -0.05) is 53.5 Å². The van der Waals surface area contributed by atoms with Crippen molar-refractivity contribution in [2.45, 2.75) is 12.1 Å². The number of anilines is 2. The van der Waals surface area contributed by atoms with Crippen molar-refractivity contribution in [2.24, 2.45) is 5.92 Å². The average molecular weight is 484 g/mol. The smallest absolute Gasteiger partial charge is 0.269 e. The summed E-state index contributed by atoms with van der Waals surface area (Å²) in [6, 6.07) is 18.8. The molecular formula is C23H15Cl2N3O5. The topological polar surface area (TPSA) is 93.0 Å². The van der Waals surface area contributed by atoms with Crippen molar-refractivity contribution in [3.05, 3.63) is 98.5 Å². The third-order valence-corrected chi connectivity index (χ3v) is 6.47. The van der Waals surface area contributed by atoms with Gasteiger partial charge in [0.1, 0.15) is 5.92 Å². The first kappa shape index (κ1) is 21.4. The van der Waals surface area contributed by atoms with Crippen LogP contribution in [0.2, 0.25) is 10.0 Å². The van der Waals surface area contributed by atoms with Gasteiger partial charge >= 0.3 is 0 Å². The number of amides is 2. The normalized spacial score (nSPS) is 22.1. The molecule has 2 saturated heterocycles.